The van der Waals surface area contributed by atoms with Crippen molar-refractivity contribution in [1.29, 1.82) is 5.26 Å². The first-order chi connectivity index (χ1) is 12.7. The lowest BCUT2D eigenvalue weighted by atomic mass is 10.2. The Morgan fingerprint density at radius 2 is 1.78 bits per heavy atom. The third-order valence-electron chi connectivity index (χ3n) is 4.24. The summed E-state index contributed by atoms with van der Waals surface area (Å²) in [5, 5.41) is 9.16. The number of aromatic nitrogens is 1. The van der Waals surface area contributed by atoms with Gasteiger partial charge in [-0.25, -0.2) is 13.4 Å². The lowest BCUT2D eigenvalue weighted by Crippen LogP contribution is -2.49. The molecule has 1 saturated heterocycles. The van der Waals surface area contributed by atoms with Crippen molar-refractivity contribution < 1.29 is 21.6 Å². The number of nitriles is 1. The summed E-state index contributed by atoms with van der Waals surface area (Å²) < 4.78 is 65.1. The maximum atomic E-state index is 12.9. The fraction of sp³-hybridized carbons (Fsp3) is 0.294. The summed E-state index contributed by atoms with van der Waals surface area (Å²) >= 11 is 0. The lowest BCUT2D eigenvalue weighted by molar-refractivity contribution is -0.137. The van der Waals surface area contributed by atoms with Crippen LogP contribution >= 0.6 is 0 Å². The number of piperazine rings is 1. The third-order valence-corrected chi connectivity index (χ3v) is 6.14. The van der Waals surface area contributed by atoms with Crippen molar-refractivity contribution in [1.82, 2.24) is 9.29 Å². The summed E-state index contributed by atoms with van der Waals surface area (Å²) in [5.41, 5.74) is -0.624. The molecule has 2 aromatic rings. The van der Waals surface area contributed by atoms with Crippen LogP contribution in [-0.4, -0.2) is 43.9 Å². The summed E-state index contributed by atoms with van der Waals surface area (Å²) in [5.74, 6) is 0.469. The molecule has 1 aromatic heterocycles. The van der Waals surface area contributed by atoms with Gasteiger partial charge in [0.1, 0.15) is 11.9 Å². The molecule has 2 heterocycles. The van der Waals surface area contributed by atoms with E-state index in [0.717, 1.165) is 22.5 Å². The van der Waals surface area contributed by atoms with Crippen LogP contribution in [0.25, 0.3) is 0 Å². The van der Waals surface area contributed by atoms with E-state index in [1.165, 1.54) is 0 Å². The molecule has 0 aliphatic carbocycles. The first-order valence-electron chi connectivity index (χ1n) is 8.01. The van der Waals surface area contributed by atoms with Crippen LogP contribution in [0.2, 0.25) is 0 Å². The zero-order valence-electron chi connectivity index (χ0n) is 14.0. The maximum absolute atomic E-state index is 12.9. The molecule has 142 valence electrons. The lowest BCUT2D eigenvalue weighted by Gasteiger charge is -2.35. The van der Waals surface area contributed by atoms with Gasteiger partial charge in [0.15, 0.2) is 0 Å². The fourth-order valence-electron chi connectivity index (χ4n) is 2.86. The standard InChI is InChI=1S/C17H15F3N4O2S/c18-17(19,20)14-4-1-5-15(11-14)27(25,26)24-9-7-23(8-10-24)16-13(12-21)3-2-6-22-16/h1-6,11H,7-10H2. The Morgan fingerprint density at radius 1 is 1.07 bits per heavy atom. The number of anilines is 1. The molecule has 0 radical (unpaired) electrons. The minimum Gasteiger partial charge on any atom is -0.353 e. The molecule has 1 fully saturated rings. The van der Waals surface area contributed by atoms with Crippen LogP contribution in [0.1, 0.15) is 11.1 Å². The molecule has 0 bridgehead atoms. The number of pyridine rings is 1. The van der Waals surface area contributed by atoms with E-state index in [2.05, 4.69) is 4.98 Å². The molecule has 0 amide bonds. The number of hydrogen-bond donors (Lipinski definition) is 0. The van der Waals surface area contributed by atoms with Crippen LogP contribution < -0.4 is 4.90 Å². The minimum atomic E-state index is -4.61. The molecule has 1 aliphatic heterocycles. The zero-order chi connectivity index (χ0) is 19.7. The molecule has 0 atom stereocenters. The van der Waals surface area contributed by atoms with Gasteiger partial charge in [-0.1, -0.05) is 6.07 Å². The average molecular weight is 396 g/mol. The molecule has 0 N–H and O–H groups in total. The monoisotopic (exact) mass is 396 g/mol. The van der Waals surface area contributed by atoms with Crippen molar-refractivity contribution >= 4 is 15.8 Å². The average Bonchev–Trinajstić information content (AvgIpc) is 2.67. The summed E-state index contributed by atoms with van der Waals surface area (Å²) in [6.45, 7) is 0.730. The predicted molar refractivity (Wildman–Crippen MR) is 91.4 cm³/mol. The van der Waals surface area contributed by atoms with E-state index in [1.807, 2.05) is 6.07 Å². The molecule has 6 nitrogen and oxygen atoms in total. The van der Waals surface area contributed by atoms with Crippen molar-refractivity contribution in [2.45, 2.75) is 11.1 Å². The van der Waals surface area contributed by atoms with E-state index in [0.29, 0.717) is 17.4 Å². The molecule has 3 rings (SSSR count). The molecule has 10 heteroatoms. The highest BCUT2D eigenvalue weighted by atomic mass is 32.2. The van der Waals surface area contributed by atoms with E-state index in [1.54, 1.807) is 23.2 Å². The maximum Gasteiger partial charge on any atom is 0.416 e. The topological polar surface area (TPSA) is 77.3 Å². The molecular weight excluding hydrogens is 381 g/mol. The number of halogens is 3. The van der Waals surface area contributed by atoms with Crippen molar-refractivity contribution in [2.24, 2.45) is 0 Å². The van der Waals surface area contributed by atoms with E-state index in [-0.39, 0.29) is 31.1 Å². The van der Waals surface area contributed by atoms with Gasteiger partial charge in [-0.05, 0) is 30.3 Å². The zero-order valence-corrected chi connectivity index (χ0v) is 14.8. The Labute approximate surface area is 154 Å². The van der Waals surface area contributed by atoms with E-state index in [4.69, 9.17) is 5.26 Å². The number of hydrogen-bond acceptors (Lipinski definition) is 5. The van der Waals surface area contributed by atoms with E-state index >= 15 is 0 Å². The molecule has 1 aliphatic rings. The van der Waals surface area contributed by atoms with E-state index < -0.39 is 21.8 Å². The molecule has 0 unspecified atom stereocenters. The highest BCUT2D eigenvalue weighted by molar-refractivity contribution is 7.89. The van der Waals surface area contributed by atoms with Crippen molar-refractivity contribution in [2.75, 3.05) is 31.1 Å². The predicted octanol–water partition coefficient (Wildman–Crippen LogP) is 2.48. The summed E-state index contributed by atoms with van der Waals surface area (Å²) in [4.78, 5) is 5.57. The van der Waals surface area contributed by atoms with Crippen LogP contribution in [0.4, 0.5) is 19.0 Å². The van der Waals surface area contributed by atoms with Gasteiger partial charge < -0.3 is 4.90 Å². The van der Waals surface area contributed by atoms with Crippen LogP contribution in [0, 0.1) is 11.3 Å². The molecule has 0 saturated carbocycles. The first kappa shape index (κ1) is 19.1. The van der Waals surface area contributed by atoms with Gasteiger partial charge in [-0.3, -0.25) is 0 Å². The number of benzene rings is 1. The molecule has 1 aromatic carbocycles. The van der Waals surface area contributed by atoms with Crippen molar-refractivity contribution in [3.05, 3.63) is 53.7 Å². The van der Waals surface area contributed by atoms with Crippen LogP contribution in [0.15, 0.2) is 47.5 Å². The molecular formula is C17H15F3N4O2S. The minimum absolute atomic E-state index is 0.0834. The second kappa shape index (κ2) is 7.17. The smallest absolute Gasteiger partial charge is 0.353 e. The van der Waals surface area contributed by atoms with Gasteiger partial charge in [0.05, 0.1) is 16.0 Å². The summed E-state index contributed by atoms with van der Waals surface area (Å²) in [6, 6.07) is 9.01. The fourth-order valence-corrected chi connectivity index (χ4v) is 4.33. The largest absolute Gasteiger partial charge is 0.416 e. The summed E-state index contributed by atoms with van der Waals surface area (Å²) in [6.07, 6.45) is -3.07. The SMILES string of the molecule is N#Cc1cccnc1N1CCN(S(=O)(=O)c2cccc(C(F)(F)F)c2)CC1. The number of alkyl halides is 3. The molecule has 27 heavy (non-hydrogen) atoms. The number of rotatable bonds is 3. The quantitative estimate of drug-likeness (QED) is 0.797. The number of nitrogens with zero attached hydrogens (tertiary/aromatic N) is 4. The Balaban J connectivity index is 1.79. The highest BCUT2D eigenvalue weighted by Crippen LogP contribution is 2.31. The van der Waals surface area contributed by atoms with Crippen LogP contribution in [0.5, 0.6) is 0 Å². The van der Waals surface area contributed by atoms with Crippen molar-refractivity contribution in [3.8, 4) is 6.07 Å². The van der Waals surface area contributed by atoms with Gasteiger partial charge in [0.25, 0.3) is 0 Å². The van der Waals surface area contributed by atoms with Crippen LogP contribution in [-0.2, 0) is 16.2 Å². The Kier molecular flexibility index (Phi) is 5.08. The van der Waals surface area contributed by atoms with Gasteiger partial charge in [0, 0.05) is 32.4 Å². The second-order valence-electron chi connectivity index (χ2n) is 5.90. The Morgan fingerprint density at radius 3 is 2.41 bits per heavy atom. The normalized spacial score (nSPS) is 16.1. The second-order valence-corrected chi connectivity index (χ2v) is 7.84. The first-order valence-corrected chi connectivity index (χ1v) is 9.45. The van der Waals surface area contributed by atoms with Gasteiger partial charge in [-0.15, -0.1) is 0 Å². The van der Waals surface area contributed by atoms with E-state index in [9.17, 15) is 21.6 Å². The van der Waals surface area contributed by atoms with Gasteiger partial charge >= 0.3 is 6.18 Å². The Bertz CT molecular complexity index is 978. The van der Waals surface area contributed by atoms with Crippen molar-refractivity contribution in [3.63, 3.8) is 0 Å². The highest BCUT2D eigenvalue weighted by Gasteiger charge is 2.34. The third kappa shape index (κ3) is 3.89. The van der Waals surface area contributed by atoms with Gasteiger partial charge in [-0.2, -0.15) is 22.7 Å². The van der Waals surface area contributed by atoms with Gasteiger partial charge in [0.2, 0.25) is 10.0 Å². The summed E-state index contributed by atoms with van der Waals surface area (Å²) in [7, 11) is -4.04. The van der Waals surface area contributed by atoms with Crippen LogP contribution in [0.3, 0.4) is 0 Å². The number of sulfonamides is 1. The Hall–Kier alpha value is -2.64. The molecule has 0 spiro atoms.